The van der Waals surface area contributed by atoms with Gasteiger partial charge in [-0.2, -0.15) is 0 Å². The lowest BCUT2D eigenvalue weighted by molar-refractivity contribution is -0.140. The highest BCUT2D eigenvalue weighted by molar-refractivity contribution is 5.86. The van der Waals surface area contributed by atoms with Crippen LogP contribution in [0.4, 0.5) is 4.79 Å². The predicted molar refractivity (Wildman–Crippen MR) is 58.4 cm³/mol. The van der Waals surface area contributed by atoms with Crippen molar-refractivity contribution in [3.05, 3.63) is 0 Å². The van der Waals surface area contributed by atoms with Gasteiger partial charge in [0, 0.05) is 13.6 Å². The van der Waals surface area contributed by atoms with E-state index in [4.69, 9.17) is 10.2 Å². The quantitative estimate of drug-likeness (QED) is 0.442. The van der Waals surface area contributed by atoms with E-state index in [1.807, 2.05) is 5.32 Å². The maximum absolute atomic E-state index is 11.3. The van der Waals surface area contributed by atoms with Crippen molar-refractivity contribution in [1.82, 2.24) is 15.5 Å². The standard InChI is InChI=1S/C9H17N3O5/c1-3-12(2)7(14)4-10-9(17)11-6(5-13)8(15)16/h6,13H,3-5H2,1-2H3,(H,15,16)(H2,10,11,17). The Morgan fingerprint density at radius 1 is 1.35 bits per heavy atom. The van der Waals surface area contributed by atoms with Crippen molar-refractivity contribution in [2.24, 2.45) is 0 Å². The smallest absolute Gasteiger partial charge is 0.328 e. The summed E-state index contributed by atoms with van der Waals surface area (Å²) in [5.74, 6) is -1.64. The van der Waals surface area contributed by atoms with Crippen LogP contribution in [0.25, 0.3) is 0 Å². The minimum atomic E-state index is -1.38. The Kier molecular flexibility index (Phi) is 6.64. The number of carboxylic acid groups (broad SMARTS) is 1. The van der Waals surface area contributed by atoms with Gasteiger partial charge < -0.3 is 25.7 Å². The number of rotatable bonds is 6. The number of aliphatic hydroxyl groups is 1. The predicted octanol–water partition coefficient (Wildman–Crippen LogP) is -1.79. The second-order valence-corrected chi connectivity index (χ2v) is 3.31. The maximum atomic E-state index is 11.3. The van der Waals surface area contributed by atoms with Gasteiger partial charge in [0.1, 0.15) is 0 Å². The SMILES string of the molecule is CCN(C)C(=O)CNC(=O)NC(CO)C(=O)O. The topological polar surface area (TPSA) is 119 Å². The summed E-state index contributed by atoms with van der Waals surface area (Å²) in [5, 5.41) is 21.4. The number of nitrogens with one attached hydrogen (secondary N) is 2. The van der Waals surface area contributed by atoms with E-state index in [9.17, 15) is 14.4 Å². The van der Waals surface area contributed by atoms with Crippen molar-refractivity contribution in [2.75, 3.05) is 26.7 Å². The van der Waals surface area contributed by atoms with Gasteiger partial charge in [-0.25, -0.2) is 9.59 Å². The van der Waals surface area contributed by atoms with Crippen LogP contribution in [0.2, 0.25) is 0 Å². The van der Waals surface area contributed by atoms with Crippen molar-refractivity contribution >= 4 is 17.9 Å². The third-order valence-electron chi connectivity index (χ3n) is 2.09. The number of carbonyl (C=O) groups is 3. The van der Waals surface area contributed by atoms with Crippen LogP contribution < -0.4 is 10.6 Å². The van der Waals surface area contributed by atoms with Crippen molar-refractivity contribution in [3.8, 4) is 0 Å². The second kappa shape index (κ2) is 7.44. The number of urea groups is 1. The summed E-state index contributed by atoms with van der Waals surface area (Å²) in [6, 6.07) is -2.20. The zero-order valence-electron chi connectivity index (χ0n) is 9.77. The molecule has 1 unspecified atom stereocenters. The number of nitrogens with zero attached hydrogens (tertiary/aromatic N) is 1. The molecule has 17 heavy (non-hydrogen) atoms. The Morgan fingerprint density at radius 3 is 2.35 bits per heavy atom. The second-order valence-electron chi connectivity index (χ2n) is 3.31. The van der Waals surface area contributed by atoms with Crippen LogP contribution >= 0.6 is 0 Å². The molecule has 0 spiro atoms. The van der Waals surface area contributed by atoms with Gasteiger partial charge in [-0.15, -0.1) is 0 Å². The molecule has 0 aromatic heterocycles. The Labute approximate surface area is 98.6 Å². The molecular formula is C9H17N3O5. The molecule has 8 heteroatoms. The van der Waals surface area contributed by atoms with Gasteiger partial charge in [0.25, 0.3) is 0 Å². The lowest BCUT2D eigenvalue weighted by Crippen LogP contribution is -2.49. The molecule has 0 fully saturated rings. The van der Waals surface area contributed by atoms with E-state index in [2.05, 4.69) is 5.32 Å². The molecule has 8 nitrogen and oxygen atoms in total. The fraction of sp³-hybridized carbons (Fsp3) is 0.667. The largest absolute Gasteiger partial charge is 0.480 e. The first-order valence-corrected chi connectivity index (χ1v) is 5.04. The molecule has 0 rings (SSSR count). The molecule has 98 valence electrons. The first-order valence-electron chi connectivity index (χ1n) is 5.04. The zero-order valence-corrected chi connectivity index (χ0v) is 9.77. The monoisotopic (exact) mass is 247 g/mol. The Balaban J connectivity index is 4.03. The Bertz CT molecular complexity index is 294. The van der Waals surface area contributed by atoms with Crippen molar-refractivity contribution in [2.45, 2.75) is 13.0 Å². The summed E-state index contributed by atoms with van der Waals surface area (Å²) in [5.41, 5.74) is 0. The molecule has 0 aliphatic heterocycles. The molecule has 0 aliphatic rings. The van der Waals surface area contributed by atoms with Crippen LogP contribution in [0.15, 0.2) is 0 Å². The van der Waals surface area contributed by atoms with Crippen molar-refractivity contribution in [3.63, 3.8) is 0 Å². The molecule has 0 bridgehead atoms. The number of aliphatic carboxylic acids is 1. The normalized spacial score (nSPS) is 11.5. The average Bonchev–Trinajstić information content (AvgIpc) is 2.31. The highest BCUT2D eigenvalue weighted by atomic mass is 16.4. The van der Waals surface area contributed by atoms with E-state index in [1.54, 1.807) is 14.0 Å². The lowest BCUT2D eigenvalue weighted by atomic mass is 10.3. The van der Waals surface area contributed by atoms with Crippen LogP contribution in [0.3, 0.4) is 0 Å². The molecule has 4 N–H and O–H groups in total. The van der Waals surface area contributed by atoms with Gasteiger partial charge in [0.2, 0.25) is 5.91 Å². The van der Waals surface area contributed by atoms with Gasteiger partial charge >= 0.3 is 12.0 Å². The Hall–Kier alpha value is -1.83. The third kappa shape index (κ3) is 5.71. The number of carbonyl (C=O) groups excluding carboxylic acids is 2. The third-order valence-corrected chi connectivity index (χ3v) is 2.09. The van der Waals surface area contributed by atoms with E-state index in [-0.39, 0.29) is 12.5 Å². The van der Waals surface area contributed by atoms with E-state index in [1.165, 1.54) is 4.90 Å². The van der Waals surface area contributed by atoms with Crippen LogP contribution in [-0.2, 0) is 9.59 Å². The van der Waals surface area contributed by atoms with Crippen LogP contribution in [0.1, 0.15) is 6.92 Å². The minimum absolute atomic E-state index is 0.228. The van der Waals surface area contributed by atoms with E-state index >= 15 is 0 Å². The highest BCUT2D eigenvalue weighted by Crippen LogP contribution is 1.84. The molecule has 3 amide bonds. The lowest BCUT2D eigenvalue weighted by Gasteiger charge is -2.16. The van der Waals surface area contributed by atoms with Crippen molar-refractivity contribution < 1.29 is 24.6 Å². The van der Waals surface area contributed by atoms with Crippen LogP contribution in [0.5, 0.6) is 0 Å². The average molecular weight is 247 g/mol. The fourth-order valence-corrected chi connectivity index (χ4v) is 0.862. The first kappa shape index (κ1) is 15.2. The van der Waals surface area contributed by atoms with Crippen LogP contribution in [-0.4, -0.2) is 65.8 Å². The number of carboxylic acids is 1. The molecule has 0 saturated carbocycles. The van der Waals surface area contributed by atoms with Crippen molar-refractivity contribution in [1.29, 1.82) is 0 Å². The molecule has 0 heterocycles. The number of hydrogen-bond donors (Lipinski definition) is 4. The fourth-order valence-electron chi connectivity index (χ4n) is 0.862. The molecule has 0 radical (unpaired) electrons. The summed E-state index contributed by atoms with van der Waals surface area (Å²) < 4.78 is 0. The van der Waals surface area contributed by atoms with Gasteiger partial charge in [0.15, 0.2) is 6.04 Å². The maximum Gasteiger partial charge on any atom is 0.328 e. The number of hydrogen-bond acceptors (Lipinski definition) is 4. The number of aliphatic hydroxyl groups excluding tert-OH is 1. The molecule has 0 saturated heterocycles. The Morgan fingerprint density at radius 2 is 1.94 bits per heavy atom. The van der Waals surface area contributed by atoms with Gasteiger partial charge in [-0.1, -0.05) is 0 Å². The number of likely N-dealkylation sites (N-methyl/N-ethyl adjacent to an activating group) is 1. The molecule has 1 atom stereocenters. The number of amides is 3. The van der Waals surface area contributed by atoms with Gasteiger partial charge in [-0.3, -0.25) is 4.79 Å². The molecule has 0 aromatic carbocycles. The van der Waals surface area contributed by atoms with E-state index in [0.29, 0.717) is 6.54 Å². The highest BCUT2D eigenvalue weighted by Gasteiger charge is 2.18. The van der Waals surface area contributed by atoms with E-state index < -0.39 is 24.6 Å². The minimum Gasteiger partial charge on any atom is -0.480 e. The molecular weight excluding hydrogens is 230 g/mol. The summed E-state index contributed by atoms with van der Waals surface area (Å²) in [4.78, 5) is 34.3. The van der Waals surface area contributed by atoms with E-state index in [0.717, 1.165) is 0 Å². The summed E-state index contributed by atoms with van der Waals surface area (Å²) >= 11 is 0. The van der Waals surface area contributed by atoms with Crippen LogP contribution in [0, 0.1) is 0 Å². The summed E-state index contributed by atoms with van der Waals surface area (Å²) in [6.45, 7) is 1.35. The summed E-state index contributed by atoms with van der Waals surface area (Å²) in [7, 11) is 1.58. The summed E-state index contributed by atoms with van der Waals surface area (Å²) in [6.07, 6.45) is 0. The van der Waals surface area contributed by atoms with Gasteiger partial charge in [0.05, 0.1) is 13.2 Å². The first-order chi connectivity index (χ1) is 7.92. The molecule has 0 aliphatic carbocycles. The van der Waals surface area contributed by atoms with Gasteiger partial charge in [-0.05, 0) is 6.92 Å². The molecule has 0 aromatic rings. The zero-order chi connectivity index (χ0) is 13.4.